The molecule has 1 heterocycles. The van der Waals surface area contributed by atoms with Gasteiger partial charge in [0, 0.05) is 5.38 Å². The van der Waals surface area contributed by atoms with Crippen LogP contribution in [0.4, 0.5) is 0 Å². The van der Waals surface area contributed by atoms with Crippen LogP contribution in [0, 0.1) is 0 Å². The van der Waals surface area contributed by atoms with Crippen LogP contribution in [0.1, 0.15) is 37.9 Å². The summed E-state index contributed by atoms with van der Waals surface area (Å²) in [5.74, 6) is -0.240. The molecule has 0 atom stereocenters. The third kappa shape index (κ3) is 2.56. The SMILES string of the molecule is CCCc1nc(C(C)(C)C(=O)OC)cs1. The van der Waals surface area contributed by atoms with E-state index in [0.29, 0.717) is 0 Å². The molecule has 0 aliphatic heterocycles. The first kappa shape index (κ1) is 12.2. The standard InChI is InChI=1S/C11H17NO2S/c1-5-6-9-12-8(7-15-9)11(2,3)10(13)14-4/h7H,5-6H2,1-4H3. The van der Waals surface area contributed by atoms with Gasteiger partial charge in [0.15, 0.2) is 0 Å². The summed E-state index contributed by atoms with van der Waals surface area (Å²) < 4.78 is 4.76. The number of carbonyl (C=O) groups excluding carboxylic acids is 1. The lowest BCUT2D eigenvalue weighted by Crippen LogP contribution is -2.30. The number of hydrogen-bond acceptors (Lipinski definition) is 4. The normalized spacial score (nSPS) is 11.5. The number of hydrogen-bond donors (Lipinski definition) is 0. The van der Waals surface area contributed by atoms with E-state index >= 15 is 0 Å². The molecule has 0 aromatic carbocycles. The third-order valence-corrected chi connectivity index (χ3v) is 3.26. The molecular weight excluding hydrogens is 210 g/mol. The van der Waals surface area contributed by atoms with E-state index in [0.717, 1.165) is 23.5 Å². The predicted octanol–water partition coefficient (Wildman–Crippen LogP) is 2.55. The average molecular weight is 227 g/mol. The number of nitrogens with zero attached hydrogens (tertiary/aromatic N) is 1. The number of rotatable bonds is 4. The molecule has 1 aromatic rings. The van der Waals surface area contributed by atoms with E-state index < -0.39 is 5.41 Å². The Morgan fingerprint density at radius 1 is 1.60 bits per heavy atom. The summed E-state index contributed by atoms with van der Waals surface area (Å²) >= 11 is 1.61. The minimum absolute atomic E-state index is 0.240. The summed E-state index contributed by atoms with van der Waals surface area (Å²) in [7, 11) is 1.41. The Hall–Kier alpha value is -0.900. The van der Waals surface area contributed by atoms with Gasteiger partial charge in [-0.2, -0.15) is 0 Å². The average Bonchev–Trinajstić information content (AvgIpc) is 2.66. The predicted molar refractivity (Wildman–Crippen MR) is 61.2 cm³/mol. The van der Waals surface area contributed by atoms with E-state index in [1.165, 1.54) is 7.11 Å². The molecule has 0 amide bonds. The molecular formula is C11H17NO2S. The molecule has 1 aromatic heterocycles. The highest BCUT2D eigenvalue weighted by Crippen LogP contribution is 2.26. The molecule has 0 saturated heterocycles. The highest BCUT2D eigenvalue weighted by molar-refractivity contribution is 7.09. The Balaban J connectivity index is 2.89. The molecule has 1 rings (SSSR count). The maximum atomic E-state index is 11.5. The van der Waals surface area contributed by atoms with Gasteiger partial charge in [0.1, 0.15) is 5.41 Å². The number of aromatic nitrogens is 1. The third-order valence-electron chi connectivity index (χ3n) is 2.35. The summed E-state index contributed by atoms with van der Waals surface area (Å²) in [6.07, 6.45) is 2.05. The Morgan fingerprint density at radius 2 is 2.27 bits per heavy atom. The number of thiazole rings is 1. The van der Waals surface area contributed by atoms with Crippen molar-refractivity contribution in [3.05, 3.63) is 16.1 Å². The second kappa shape index (κ2) is 4.75. The molecule has 84 valence electrons. The number of carbonyl (C=O) groups is 1. The van der Waals surface area contributed by atoms with Crippen LogP contribution in [0.2, 0.25) is 0 Å². The maximum absolute atomic E-state index is 11.5. The largest absolute Gasteiger partial charge is 0.468 e. The van der Waals surface area contributed by atoms with Gasteiger partial charge in [-0.3, -0.25) is 4.79 Å². The summed E-state index contributed by atoms with van der Waals surface area (Å²) in [5, 5.41) is 3.03. The Bertz CT molecular complexity index is 344. The Labute approximate surface area is 94.5 Å². The molecule has 0 unspecified atom stereocenters. The van der Waals surface area contributed by atoms with Crippen molar-refractivity contribution < 1.29 is 9.53 Å². The van der Waals surface area contributed by atoms with Crippen LogP contribution in [0.3, 0.4) is 0 Å². The maximum Gasteiger partial charge on any atom is 0.317 e. The first-order valence-corrected chi connectivity index (χ1v) is 5.93. The topological polar surface area (TPSA) is 39.2 Å². The molecule has 4 heteroatoms. The number of ether oxygens (including phenoxy) is 1. The molecule has 0 saturated carbocycles. The Morgan fingerprint density at radius 3 is 2.80 bits per heavy atom. The summed E-state index contributed by atoms with van der Waals surface area (Å²) in [6, 6.07) is 0. The highest BCUT2D eigenvalue weighted by atomic mass is 32.1. The molecule has 3 nitrogen and oxygen atoms in total. The van der Waals surface area contributed by atoms with Gasteiger partial charge in [-0.1, -0.05) is 6.92 Å². The van der Waals surface area contributed by atoms with E-state index in [2.05, 4.69) is 11.9 Å². The smallest absolute Gasteiger partial charge is 0.317 e. The van der Waals surface area contributed by atoms with Crippen LogP contribution in [0.5, 0.6) is 0 Å². The number of aryl methyl sites for hydroxylation is 1. The van der Waals surface area contributed by atoms with Crippen LogP contribution in [-0.4, -0.2) is 18.1 Å². The lowest BCUT2D eigenvalue weighted by atomic mass is 9.90. The minimum atomic E-state index is -0.642. The zero-order chi connectivity index (χ0) is 11.5. The van der Waals surface area contributed by atoms with Gasteiger partial charge in [-0.15, -0.1) is 11.3 Å². The lowest BCUT2D eigenvalue weighted by molar-refractivity contribution is -0.146. The van der Waals surface area contributed by atoms with E-state index in [1.807, 2.05) is 19.2 Å². The van der Waals surface area contributed by atoms with Crippen LogP contribution in [-0.2, 0) is 21.4 Å². The first-order chi connectivity index (χ1) is 7.02. The van der Waals surface area contributed by atoms with Crippen molar-refractivity contribution in [3.8, 4) is 0 Å². The van der Waals surface area contributed by atoms with E-state index in [-0.39, 0.29) is 5.97 Å². The quantitative estimate of drug-likeness (QED) is 0.742. The highest BCUT2D eigenvalue weighted by Gasteiger charge is 2.33. The fourth-order valence-electron chi connectivity index (χ4n) is 1.29. The molecule has 0 spiro atoms. The van der Waals surface area contributed by atoms with Crippen molar-refractivity contribution in [2.75, 3.05) is 7.11 Å². The summed E-state index contributed by atoms with van der Waals surface area (Å²) in [6.45, 7) is 5.79. The first-order valence-electron chi connectivity index (χ1n) is 5.05. The fraction of sp³-hybridized carbons (Fsp3) is 0.636. The molecule has 0 fully saturated rings. The molecule has 0 radical (unpaired) electrons. The molecule has 0 aliphatic carbocycles. The molecule has 15 heavy (non-hydrogen) atoms. The van der Waals surface area contributed by atoms with E-state index in [4.69, 9.17) is 4.74 Å². The number of methoxy groups -OCH3 is 1. The van der Waals surface area contributed by atoms with Crippen molar-refractivity contribution in [2.45, 2.75) is 39.0 Å². The van der Waals surface area contributed by atoms with Crippen LogP contribution in [0.25, 0.3) is 0 Å². The molecule has 0 aliphatic rings. The van der Waals surface area contributed by atoms with Crippen molar-refractivity contribution >= 4 is 17.3 Å². The van der Waals surface area contributed by atoms with Gasteiger partial charge >= 0.3 is 5.97 Å². The number of esters is 1. The van der Waals surface area contributed by atoms with Crippen molar-refractivity contribution in [1.82, 2.24) is 4.98 Å². The summed E-state index contributed by atoms with van der Waals surface area (Å²) in [4.78, 5) is 16.0. The van der Waals surface area contributed by atoms with Crippen LogP contribution >= 0.6 is 11.3 Å². The monoisotopic (exact) mass is 227 g/mol. The second-order valence-electron chi connectivity index (χ2n) is 3.99. The van der Waals surface area contributed by atoms with Gasteiger partial charge in [-0.25, -0.2) is 4.98 Å². The van der Waals surface area contributed by atoms with Crippen molar-refractivity contribution in [3.63, 3.8) is 0 Å². The second-order valence-corrected chi connectivity index (χ2v) is 4.94. The van der Waals surface area contributed by atoms with Gasteiger partial charge in [0.2, 0.25) is 0 Å². The van der Waals surface area contributed by atoms with Gasteiger partial charge in [0.25, 0.3) is 0 Å². The van der Waals surface area contributed by atoms with E-state index in [9.17, 15) is 4.79 Å². The lowest BCUT2D eigenvalue weighted by Gasteiger charge is -2.18. The van der Waals surface area contributed by atoms with E-state index in [1.54, 1.807) is 11.3 Å². The Kier molecular flexibility index (Phi) is 3.85. The zero-order valence-electron chi connectivity index (χ0n) is 9.66. The zero-order valence-corrected chi connectivity index (χ0v) is 10.5. The minimum Gasteiger partial charge on any atom is -0.468 e. The van der Waals surface area contributed by atoms with Crippen LogP contribution in [0.15, 0.2) is 5.38 Å². The van der Waals surface area contributed by atoms with Gasteiger partial charge < -0.3 is 4.74 Å². The van der Waals surface area contributed by atoms with Gasteiger partial charge in [0.05, 0.1) is 17.8 Å². The molecule has 0 bridgehead atoms. The molecule has 0 N–H and O–H groups in total. The van der Waals surface area contributed by atoms with Crippen molar-refractivity contribution in [1.29, 1.82) is 0 Å². The van der Waals surface area contributed by atoms with Gasteiger partial charge in [-0.05, 0) is 26.7 Å². The summed E-state index contributed by atoms with van der Waals surface area (Å²) in [5.41, 5.74) is 0.167. The fourth-order valence-corrected chi connectivity index (χ4v) is 2.35. The van der Waals surface area contributed by atoms with Crippen LogP contribution < -0.4 is 0 Å². The van der Waals surface area contributed by atoms with Crippen molar-refractivity contribution in [2.24, 2.45) is 0 Å².